The molecule has 1 fully saturated rings. The quantitative estimate of drug-likeness (QED) is 0.694. The molecule has 0 aromatic carbocycles. The van der Waals surface area contributed by atoms with Crippen molar-refractivity contribution in [3.05, 3.63) is 0 Å². The van der Waals surface area contributed by atoms with E-state index in [0.717, 1.165) is 12.8 Å². The fourth-order valence-electron chi connectivity index (χ4n) is 1.64. The molecule has 4 heteroatoms. The van der Waals surface area contributed by atoms with Crippen molar-refractivity contribution in [3.8, 4) is 0 Å². The van der Waals surface area contributed by atoms with Crippen LogP contribution < -0.4 is 10.8 Å². The van der Waals surface area contributed by atoms with Crippen molar-refractivity contribution in [2.75, 3.05) is 0 Å². The Morgan fingerprint density at radius 3 is 2.33 bits per heavy atom. The largest absolute Gasteiger partial charge is 0.426 e. The first kappa shape index (κ1) is 12.3. The topological polar surface area (TPSA) is 50.4 Å². The molecule has 88 valence electrons. The summed E-state index contributed by atoms with van der Waals surface area (Å²) in [6, 6.07) is 0.299. The summed E-state index contributed by atoms with van der Waals surface area (Å²) in [5.74, 6) is 0. The predicted molar refractivity (Wildman–Crippen MR) is 59.4 cm³/mol. The highest BCUT2D eigenvalue weighted by atomic mass is 16.7. The maximum atomic E-state index is 11.4. The van der Waals surface area contributed by atoms with Crippen molar-refractivity contribution in [2.24, 2.45) is 0 Å². The van der Waals surface area contributed by atoms with E-state index in [9.17, 15) is 4.79 Å². The molecule has 0 aromatic rings. The van der Waals surface area contributed by atoms with Gasteiger partial charge in [-0.1, -0.05) is 19.3 Å². The summed E-state index contributed by atoms with van der Waals surface area (Å²) in [5, 5.41) is 2.87. The molecule has 0 unspecified atom stereocenters. The summed E-state index contributed by atoms with van der Waals surface area (Å²) in [7, 11) is 0. The third-order valence-corrected chi connectivity index (χ3v) is 2.38. The Kier molecular flexibility index (Phi) is 4.39. The van der Waals surface area contributed by atoms with Crippen LogP contribution in [-0.2, 0) is 4.84 Å². The number of amides is 1. The van der Waals surface area contributed by atoms with E-state index < -0.39 is 0 Å². The summed E-state index contributed by atoms with van der Waals surface area (Å²) < 4.78 is 0. The molecule has 1 rings (SSSR count). The molecule has 0 spiro atoms. The number of carbonyl (C=O) groups excluding carboxylic acids is 1. The minimum Gasteiger partial charge on any atom is -0.353 e. The van der Waals surface area contributed by atoms with Crippen molar-refractivity contribution in [1.82, 2.24) is 10.8 Å². The van der Waals surface area contributed by atoms with Gasteiger partial charge in [0.2, 0.25) is 0 Å². The first-order chi connectivity index (χ1) is 6.97. The van der Waals surface area contributed by atoms with Crippen LogP contribution in [0.4, 0.5) is 4.79 Å². The lowest BCUT2D eigenvalue weighted by Gasteiger charge is -2.24. The third kappa shape index (κ3) is 5.62. The standard InChI is InChI=1S/C11H22N2O2/c1-11(2,3)13-15-10(14)12-9-7-5-4-6-8-9/h9,13H,4-8H2,1-3H3,(H,12,14). The van der Waals surface area contributed by atoms with Crippen molar-refractivity contribution in [3.63, 3.8) is 0 Å². The van der Waals surface area contributed by atoms with Gasteiger partial charge in [0.05, 0.1) is 0 Å². The minimum atomic E-state index is -0.364. The Bertz CT molecular complexity index is 205. The van der Waals surface area contributed by atoms with E-state index >= 15 is 0 Å². The van der Waals surface area contributed by atoms with Crippen LogP contribution in [0.5, 0.6) is 0 Å². The van der Waals surface area contributed by atoms with Crippen LogP contribution in [0.3, 0.4) is 0 Å². The lowest BCUT2D eigenvalue weighted by atomic mass is 9.96. The second kappa shape index (κ2) is 5.35. The molecule has 2 N–H and O–H groups in total. The van der Waals surface area contributed by atoms with Crippen LogP contribution in [0, 0.1) is 0 Å². The Morgan fingerprint density at radius 1 is 1.20 bits per heavy atom. The van der Waals surface area contributed by atoms with E-state index in [4.69, 9.17) is 4.84 Å². The van der Waals surface area contributed by atoms with Gasteiger partial charge in [-0.3, -0.25) is 0 Å². The van der Waals surface area contributed by atoms with E-state index in [0.29, 0.717) is 6.04 Å². The Balaban J connectivity index is 2.17. The second-order valence-corrected chi connectivity index (χ2v) is 5.22. The molecule has 0 bridgehead atoms. The summed E-state index contributed by atoms with van der Waals surface area (Å²) >= 11 is 0. The molecule has 0 aliphatic heterocycles. The summed E-state index contributed by atoms with van der Waals surface area (Å²) in [4.78, 5) is 16.3. The van der Waals surface area contributed by atoms with Gasteiger partial charge in [-0.05, 0) is 33.6 Å². The zero-order chi connectivity index (χ0) is 11.3. The van der Waals surface area contributed by atoms with Gasteiger partial charge in [0.15, 0.2) is 0 Å². The average Bonchev–Trinajstić information content (AvgIpc) is 2.15. The molecule has 4 nitrogen and oxygen atoms in total. The average molecular weight is 214 g/mol. The van der Waals surface area contributed by atoms with Crippen molar-refractivity contribution in [2.45, 2.75) is 64.5 Å². The van der Waals surface area contributed by atoms with Crippen LogP contribution in [0.1, 0.15) is 52.9 Å². The highest BCUT2D eigenvalue weighted by molar-refractivity contribution is 5.67. The van der Waals surface area contributed by atoms with E-state index in [1.54, 1.807) is 0 Å². The zero-order valence-corrected chi connectivity index (χ0v) is 9.93. The van der Waals surface area contributed by atoms with Gasteiger partial charge in [0, 0.05) is 11.6 Å². The lowest BCUT2D eigenvalue weighted by Crippen LogP contribution is -2.44. The van der Waals surface area contributed by atoms with Gasteiger partial charge in [-0.25, -0.2) is 4.79 Å². The van der Waals surface area contributed by atoms with Gasteiger partial charge in [0.1, 0.15) is 0 Å². The molecule has 15 heavy (non-hydrogen) atoms. The molecule has 1 aliphatic rings. The monoisotopic (exact) mass is 214 g/mol. The first-order valence-electron chi connectivity index (χ1n) is 5.72. The second-order valence-electron chi connectivity index (χ2n) is 5.22. The van der Waals surface area contributed by atoms with Crippen molar-refractivity contribution >= 4 is 6.09 Å². The molecule has 0 aromatic heterocycles. The van der Waals surface area contributed by atoms with Crippen LogP contribution in [-0.4, -0.2) is 17.7 Å². The van der Waals surface area contributed by atoms with Crippen LogP contribution >= 0.6 is 0 Å². The fraction of sp³-hybridized carbons (Fsp3) is 0.909. The Morgan fingerprint density at radius 2 is 1.80 bits per heavy atom. The van der Waals surface area contributed by atoms with Gasteiger partial charge < -0.3 is 10.2 Å². The number of nitrogens with one attached hydrogen (secondary N) is 2. The molecule has 1 amide bonds. The maximum Gasteiger partial charge on any atom is 0.426 e. The normalized spacial score (nSPS) is 18.6. The van der Waals surface area contributed by atoms with Crippen LogP contribution in [0.2, 0.25) is 0 Å². The molecule has 0 saturated heterocycles. The minimum absolute atomic E-state index is 0.204. The highest BCUT2D eigenvalue weighted by Gasteiger charge is 2.18. The maximum absolute atomic E-state index is 11.4. The molecule has 0 heterocycles. The van der Waals surface area contributed by atoms with Crippen LogP contribution in [0.25, 0.3) is 0 Å². The predicted octanol–water partition coefficient (Wildman–Crippen LogP) is 2.35. The van der Waals surface area contributed by atoms with E-state index in [1.807, 2.05) is 20.8 Å². The molecule has 1 saturated carbocycles. The van der Waals surface area contributed by atoms with E-state index in [1.165, 1.54) is 19.3 Å². The number of carbonyl (C=O) groups is 1. The molecular weight excluding hydrogens is 192 g/mol. The SMILES string of the molecule is CC(C)(C)NOC(=O)NC1CCCCC1. The number of hydrogen-bond donors (Lipinski definition) is 2. The number of hydrogen-bond acceptors (Lipinski definition) is 3. The van der Waals surface area contributed by atoms with Gasteiger partial charge in [0.25, 0.3) is 0 Å². The van der Waals surface area contributed by atoms with Gasteiger partial charge in [-0.15, -0.1) is 5.48 Å². The number of rotatable bonds is 2. The lowest BCUT2D eigenvalue weighted by molar-refractivity contribution is 0.0445. The number of hydroxylamine groups is 1. The third-order valence-electron chi connectivity index (χ3n) is 2.38. The molecule has 1 aliphatic carbocycles. The first-order valence-corrected chi connectivity index (χ1v) is 5.72. The van der Waals surface area contributed by atoms with Crippen molar-refractivity contribution < 1.29 is 9.63 Å². The summed E-state index contributed by atoms with van der Waals surface area (Å²) in [5.41, 5.74) is 2.49. The molecule has 0 atom stereocenters. The van der Waals surface area contributed by atoms with E-state index in [-0.39, 0.29) is 11.6 Å². The molecular formula is C11H22N2O2. The zero-order valence-electron chi connectivity index (χ0n) is 9.93. The smallest absolute Gasteiger partial charge is 0.353 e. The van der Waals surface area contributed by atoms with Crippen LogP contribution in [0.15, 0.2) is 0 Å². The van der Waals surface area contributed by atoms with Gasteiger partial charge in [-0.2, -0.15) is 0 Å². The van der Waals surface area contributed by atoms with E-state index in [2.05, 4.69) is 10.8 Å². The molecule has 0 radical (unpaired) electrons. The van der Waals surface area contributed by atoms with Crippen molar-refractivity contribution in [1.29, 1.82) is 0 Å². The van der Waals surface area contributed by atoms with Gasteiger partial charge >= 0.3 is 6.09 Å². The summed E-state index contributed by atoms with van der Waals surface area (Å²) in [6.45, 7) is 5.84. The Labute approximate surface area is 91.7 Å². The fourth-order valence-corrected chi connectivity index (χ4v) is 1.64. The highest BCUT2D eigenvalue weighted by Crippen LogP contribution is 2.17. The Hall–Kier alpha value is -0.770. The summed E-state index contributed by atoms with van der Waals surface area (Å²) in [6.07, 6.45) is 5.48.